The van der Waals surface area contributed by atoms with Crippen LogP contribution in [0.25, 0.3) is 0 Å². The molecule has 0 radical (unpaired) electrons. The highest BCUT2D eigenvalue weighted by Gasteiger charge is 2.16. The van der Waals surface area contributed by atoms with E-state index in [0.717, 1.165) is 17.7 Å². The normalized spacial score (nSPS) is 11.9. The highest BCUT2D eigenvalue weighted by atomic mass is 127. The van der Waals surface area contributed by atoms with Crippen LogP contribution in [0.15, 0.2) is 58.4 Å². The van der Waals surface area contributed by atoms with Crippen molar-refractivity contribution in [3.63, 3.8) is 0 Å². The van der Waals surface area contributed by atoms with Crippen molar-refractivity contribution in [1.82, 2.24) is 4.31 Å². The molecule has 2 aromatic rings. The van der Waals surface area contributed by atoms with Crippen molar-refractivity contribution in [2.75, 3.05) is 19.4 Å². The van der Waals surface area contributed by atoms with E-state index in [1.54, 1.807) is 24.3 Å². The summed E-state index contributed by atoms with van der Waals surface area (Å²) in [7, 11) is -0.397. The molecular weight excluding hydrogens is 463 g/mol. The third kappa shape index (κ3) is 5.96. The molecule has 0 amide bonds. The van der Waals surface area contributed by atoms with Gasteiger partial charge in [0.2, 0.25) is 10.0 Å². The van der Waals surface area contributed by atoms with Gasteiger partial charge in [-0.15, -0.1) is 24.0 Å². The number of nitrogens with zero attached hydrogens (tertiary/aromatic N) is 2. The molecule has 0 bridgehead atoms. The summed E-state index contributed by atoms with van der Waals surface area (Å²) in [6.07, 6.45) is 0.953. The van der Waals surface area contributed by atoms with Crippen LogP contribution in [0, 0.1) is 0 Å². The fraction of sp³-hybridized carbons (Fsp3) is 0.278. The summed E-state index contributed by atoms with van der Waals surface area (Å²) in [5, 5.41) is 3.06. The lowest BCUT2D eigenvalue weighted by molar-refractivity contribution is 0.520. The molecule has 0 saturated carbocycles. The van der Waals surface area contributed by atoms with Gasteiger partial charge in [-0.2, -0.15) is 0 Å². The number of hydrogen-bond acceptors (Lipinski definition) is 3. The van der Waals surface area contributed by atoms with Gasteiger partial charge in [0.25, 0.3) is 0 Å². The van der Waals surface area contributed by atoms with Gasteiger partial charge in [0.15, 0.2) is 5.96 Å². The topological polar surface area (TPSA) is 87.8 Å². The molecule has 0 fully saturated rings. The van der Waals surface area contributed by atoms with Crippen molar-refractivity contribution in [3.8, 4) is 0 Å². The Morgan fingerprint density at radius 1 is 1.12 bits per heavy atom. The van der Waals surface area contributed by atoms with Crippen molar-refractivity contribution in [2.45, 2.75) is 24.8 Å². The monoisotopic (exact) mass is 488 g/mol. The van der Waals surface area contributed by atoms with Crippen LogP contribution in [-0.4, -0.2) is 32.8 Å². The van der Waals surface area contributed by atoms with E-state index in [4.69, 9.17) is 5.73 Å². The molecule has 8 heteroatoms. The van der Waals surface area contributed by atoms with Gasteiger partial charge < -0.3 is 11.1 Å². The lowest BCUT2D eigenvalue weighted by Gasteiger charge is -2.11. The minimum absolute atomic E-state index is 0. The molecule has 6 nitrogen and oxygen atoms in total. The number of rotatable bonds is 6. The molecule has 3 N–H and O–H groups in total. The number of aliphatic imine (C=N–C) groups is 1. The van der Waals surface area contributed by atoms with Crippen LogP contribution >= 0.6 is 24.0 Å². The third-order valence-electron chi connectivity index (χ3n) is 3.74. The summed E-state index contributed by atoms with van der Waals surface area (Å²) in [5.41, 5.74) is 8.91. The van der Waals surface area contributed by atoms with Crippen LogP contribution in [0.2, 0.25) is 0 Å². The molecule has 2 rings (SSSR count). The lowest BCUT2D eigenvalue weighted by Crippen LogP contribution is -2.22. The zero-order valence-electron chi connectivity index (χ0n) is 15.1. The average Bonchev–Trinajstić information content (AvgIpc) is 2.60. The molecule has 0 heterocycles. The Balaban J connectivity index is 0.00000338. The number of halogens is 1. The van der Waals surface area contributed by atoms with E-state index in [1.165, 1.54) is 24.0 Å². The predicted molar refractivity (Wildman–Crippen MR) is 117 cm³/mol. The molecule has 26 heavy (non-hydrogen) atoms. The van der Waals surface area contributed by atoms with E-state index < -0.39 is 10.0 Å². The van der Waals surface area contributed by atoms with E-state index in [0.29, 0.717) is 12.5 Å². The third-order valence-corrected chi connectivity index (χ3v) is 5.57. The summed E-state index contributed by atoms with van der Waals surface area (Å²) in [6, 6.07) is 14.6. The summed E-state index contributed by atoms with van der Waals surface area (Å²) < 4.78 is 25.3. The molecular formula is C18H25IN4O2S. The largest absolute Gasteiger partial charge is 0.370 e. The quantitative estimate of drug-likeness (QED) is 0.372. The average molecular weight is 488 g/mol. The maximum atomic E-state index is 12.0. The molecule has 0 saturated heterocycles. The first-order chi connectivity index (χ1) is 11.8. The second-order valence-corrected chi connectivity index (χ2v) is 7.96. The number of nitrogens with two attached hydrogens (primary N) is 1. The van der Waals surface area contributed by atoms with E-state index in [9.17, 15) is 8.42 Å². The Labute approximate surface area is 172 Å². The first-order valence-electron chi connectivity index (χ1n) is 8.00. The van der Waals surface area contributed by atoms with Crippen LogP contribution in [-0.2, 0) is 23.0 Å². The fourth-order valence-electron chi connectivity index (χ4n) is 2.21. The van der Waals surface area contributed by atoms with Gasteiger partial charge >= 0.3 is 0 Å². The van der Waals surface area contributed by atoms with Crippen molar-refractivity contribution >= 4 is 45.6 Å². The van der Waals surface area contributed by atoms with Crippen LogP contribution in [0.4, 0.5) is 5.69 Å². The van der Waals surface area contributed by atoms with Crippen molar-refractivity contribution in [1.29, 1.82) is 0 Å². The van der Waals surface area contributed by atoms with Gasteiger partial charge in [0, 0.05) is 19.8 Å². The lowest BCUT2D eigenvalue weighted by atomic mass is 10.1. The molecule has 0 aromatic heterocycles. The van der Waals surface area contributed by atoms with E-state index in [1.807, 2.05) is 18.2 Å². The Kier molecular flexibility index (Phi) is 8.51. The van der Waals surface area contributed by atoms with E-state index in [2.05, 4.69) is 23.3 Å². The number of aryl methyl sites for hydroxylation is 1. The number of anilines is 1. The summed E-state index contributed by atoms with van der Waals surface area (Å²) in [4.78, 5) is 4.55. The molecule has 0 aliphatic carbocycles. The smallest absolute Gasteiger partial charge is 0.242 e. The number of sulfonamides is 1. The van der Waals surface area contributed by atoms with Gasteiger partial charge in [-0.1, -0.05) is 31.2 Å². The van der Waals surface area contributed by atoms with Gasteiger partial charge in [-0.05, 0) is 41.8 Å². The van der Waals surface area contributed by atoms with Gasteiger partial charge in [-0.3, -0.25) is 0 Å². The Hall–Kier alpha value is -1.65. The van der Waals surface area contributed by atoms with Gasteiger partial charge in [0.05, 0.1) is 11.4 Å². The zero-order chi connectivity index (χ0) is 18.4. The van der Waals surface area contributed by atoms with Crippen molar-refractivity contribution in [2.24, 2.45) is 10.7 Å². The molecule has 0 aliphatic rings. The fourth-order valence-corrected chi connectivity index (χ4v) is 3.11. The van der Waals surface area contributed by atoms with Gasteiger partial charge in [-0.25, -0.2) is 17.7 Å². The molecule has 142 valence electrons. The second kappa shape index (κ2) is 9.89. The van der Waals surface area contributed by atoms with E-state index in [-0.39, 0.29) is 28.9 Å². The maximum Gasteiger partial charge on any atom is 0.242 e. The maximum absolute atomic E-state index is 12.0. The Morgan fingerprint density at radius 2 is 1.77 bits per heavy atom. The minimum atomic E-state index is -3.41. The predicted octanol–water partition coefficient (Wildman–Crippen LogP) is 3.04. The molecule has 0 unspecified atom stereocenters. The highest BCUT2D eigenvalue weighted by Crippen LogP contribution is 2.15. The number of guanidine groups is 1. The first-order valence-corrected chi connectivity index (χ1v) is 9.44. The molecule has 2 aromatic carbocycles. The summed E-state index contributed by atoms with van der Waals surface area (Å²) in [6.45, 7) is 2.46. The van der Waals surface area contributed by atoms with Crippen LogP contribution in [0.5, 0.6) is 0 Å². The van der Waals surface area contributed by atoms with Crippen molar-refractivity contribution in [3.05, 3.63) is 59.7 Å². The number of nitrogens with one attached hydrogen (secondary N) is 1. The molecule has 0 aliphatic heterocycles. The highest BCUT2D eigenvalue weighted by molar-refractivity contribution is 14.0. The second-order valence-electron chi connectivity index (χ2n) is 5.81. The summed E-state index contributed by atoms with van der Waals surface area (Å²) >= 11 is 0. The van der Waals surface area contributed by atoms with E-state index >= 15 is 0 Å². The Bertz CT molecular complexity index is 850. The number of benzene rings is 2. The number of hydrogen-bond donors (Lipinski definition) is 2. The zero-order valence-corrected chi connectivity index (χ0v) is 18.3. The SMILES string of the molecule is CCc1cccc(NC(N)=NCc2ccc(S(=O)(=O)N(C)C)cc2)c1.I. The standard InChI is InChI=1S/C18H24N4O2S.HI/c1-4-14-6-5-7-16(12-14)21-18(19)20-13-15-8-10-17(11-9-15)25(23,24)22(2)3;/h5-12H,4,13H2,1-3H3,(H3,19,20,21);1H. The molecule has 0 spiro atoms. The first kappa shape index (κ1) is 22.4. The summed E-state index contributed by atoms with van der Waals surface area (Å²) in [5.74, 6) is 0.318. The van der Waals surface area contributed by atoms with Gasteiger partial charge in [0.1, 0.15) is 0 Å². The van der Waals surface area contributed by atoms with Crippen LogP contribution in [0.3, 0.4) is 0 Å². The molecule has 0 atom stereocenters. The van der Waals surface area contributed by atoms with Crippen LogP contribution in [0.1, 0.15) is 18.1 Å². The minimum Gasteiger partial charge on any atom is -0.370 e. The Morgan fingerprint density at radius 3 is 2.35 bits per heavy atom. The van der Waals surface area contributed by atoms with Crippen LogP contribution < -0.4 is 11.1 Å². The van der Waals surface area contributed by atoms with Crippen molar-refractivity contribution < 1.29 is 8.42 Å².